The molecular formula is C24H22N2O2. The zero-order valence-corrected chi connectivity index (χ0v) is 15.6. The maximum absolute atomic E-state index is 11.9. The molecule has 0 aliphatic carbocycles. The van der Waals surface area contributed by atoms with E-state index in [4.69, 9.17) is 0 Å². The molecule has 0 spiro atoms. The Bertz CT molecular complexity index is 1020. The van der Waals surface area contributed by atoms with Crippen LogP contribution in [0.1, 0.15) is 46.9 Å². The van der Waals surface area contributed by atoms with Gasteiger partial charge in [0.1, 0.15) is 0 Å². The molecule has 4 nitrogen and oxygen atoms in total. The predicted octanol–water partition coefficient (Wildman–Crippen LogP) is 5.47. The Morgan fingerprint density at radius 1 is 0.786 bits per heavy atom. The fourth-order valence-electron chi connectivity index (χ4n) is 5.01. The minimum absolute atomic E-state index is 0.0716. The lowest BCUT2D eigenvalue weighted by atomic mass is 9.76. The SMILES string of the molecule is O=[N+]([O-])c1ccc2c3c1C(c1ccccc1)CCN3CCC2c1ccccc1. The van der Waals surface area contributed by atoms with Crippen LogP contribution >= 0.6 is 0 Å². The Balaban J connectivity index is 1.73. The Hall–Kier alpha value is -3.14. The molecular weight excluding hydrogens is 348 g/mol. The van der Waals surface area contributed by atoms with E-state index in [0.29, 0.717) is 5.92 Å². The van der Waals surface area contributed by atoms with Gasteiger partial charge in [0.05, 0.1) is 16.2 Å². The van der Waals surface area contributed by atoms with Gasteiger partial charge in [0.25, 0.3) is 5.69 Å². The molecule has 5 rings (SSSR count). The molecule has 140 valence electrons. The van der Waals surface area contributed by atoms with Gasteiger partial charge in [0.2, 0.25) is 0 Å². The molecule has 0 bridgehead atoms. The first kappa shape index (κ1) is 17.0. The molecule has 2 unspecified atom stereocenters. The van der Waals surface area contributed by atoms with Crippen LogP contribution in [0.15, 0.2) is 72.8 Å². The first-order valence-corrected chi connectivity index (χ1v) is 9.90. The third-order valence-electron chi connectivity index (χ3n) is 6.24. The first-order chi connectivity index (χ1) is 13.7. The monoisotopic (exact) mass is 370 g/mol. The van der Waals surface area contributed by atoms with Crippen LogP contribution < -0.4 is 4.90 Å². The molecule has 3 aromatic rings. The predicted molar refractivity (Wildman–Crippen MR) is 111 cm³/mol. The van der Waals surface area contributed by atoms with Crippen molar-refractivity contribution in [3.63, 3.8) is 0 Å². The van der Waals surface area contributed by atoms with Crippen molar-refractivity contribution in [2.45, 2.75) is 24.7 Å². The summed E-state index contributed by atoms with van der Waals surface area (Å²) in [5, 5.41) is 11.9. The average molecular weight is 370 g/mol. The number of hydrogen-bond acceptors (Lipinski definition) is 3. The van der Waals surface area contributed by atoms with Crippen LogP contribution in [0.25, 0.3) is 0 Å². The summed E-state index contributed by atoms with van der Waals surface area (Å²) in [6.07, 6.45) is 1.96. The number of benzene rings is 3. The summed E-state index contributed by atoms with van der Waals surface area (Å²) in [5.41, 5.74) is 5.96. The lowest BCUT2D eigenvalue weighted by Crippen LogP contribution is -2.37. The summed E-state index contributed by atoms with van der Waals surface area (Å²) in [4.78, 5) is 14.1. The summed E-state index contributed by atoms with van der Waals surface area (Å²) in [7, 11) is 0. The van der Waals surface area contributed by atoms with E-state index in [0.717, 1.165) is 37.2 Å². The van der Waals surface area contributed by atoms with Crippen LogP contribution in [0.3, 0.4) is 0 Å². The second-order valence-electron chi connectivity index (χ2n) is 7.68. The van der Waals surface area contributed by atoms with Crippen LogP contribution in [0.2, 0.25) is 0 Å². The highest BCUT2D eigenvalue weighted by Gasteiger charge is 2.38. The minimum atomic E-state index is -0.207. The van der Waals surface area contributed by atoms with Crippen LogP contribution in [0.4, 0.5) is 11.4 Å². The van der Waals surface area contributed by atoms with E-state index in [2.05, 4.69) is 41.3 Å². The second-order valence-corrected chi connectivity index (χ2v) is 7.68. The molecule has 0 amide bonds. The molecule has 0 saturated carbocycles. The molecule has 0 N–H and O–H groups in total. The quantitative estimate of drug-likeness (QED) is 0.453. The van der Waals surface area contributed by atoms with Gasteiger partial charge >= 0.3 is 0 Å². The van der Waals surface area contributed by atoms with Crippen molar-refractivity contribution in [1.29, 1.82) is 0 Å². The smallest absolute Gasteiger partial charge is 0.275 e. The van der Waals surface area contributed by atoms with Gasteiger partial charge in [-0.05, 0) is 35.6 Å². The first-order valence-electron chi connectivity index (χ1n) is 9.90. The zero-order valence-electron chi connectivity index (χ0n) is 15.6. The van der Waals surface area contributed by atoms with E-state index < -0.39 is 0 Å². The Labute approximate surface area is 164 Å². The Kier molecular flexibility index (Phi) is 4.12. The van der Waals surface area contributed by atoms with Gasteiger partial charge in [0, 0.05) is 31.0 Å². The maximum atomic E-state index is 11.9. The highest BCUT2D eigenvalue weighted by atomic mass is 16.6. The van der Waals surface area contributed by atoms with Crippen LogP contribution in [0.5, 0.6) is 0 Å². The molecule has 2 aliphatic heterocycles. The third-order valence-corrected chi connectivity index (χ3v) is 6.24. The van der Waals surface area contributed by atoms with Gasteiger partial charge in [-0.1, -0.05) is 60.7 Å². The van der Waals surface area contributed by atoms with Crippen molar-refractivity contribution in [2.75, 3.05) is 18.0 Å². The van der Waals surface area contributed by atoms with Crippen molar-refractivity contribution >= 4 is 11.4 Å². The lowest BCUT2D eigenvalue weighted by molar-refractivity contribution is -0.385. The molecule has 28 heavy (non-hydrogen) atoms. The van der Waals surface area contributed by atoms with Crippen molar-refractivity contribution in [3.8, 4) is 0 Å². The molecule has 2 aliphatic rings. The van der Waals surface area contributed by atoms with Crippen LogP contribution in [-0.4, -0.2) is 18.0 Å². The third kappa shape index (κ3) is 2.68. The van der Waals surface area contributed by atoms with Gasteiger partial charge in [-0.2, -0.15) is 0 Å². The number of rotatable bonds is 3. The molecule has 3 aromatic carbocycles. The second kappa shape index (κ2) is 6.79. The molecule has 2 heterocycles. The standard InChI is InChI=1S/C24H22N2O2/c27-26(28)22-12-11-21-19(17-7-3-1-4-8-17)13-15-25-16-14-20(23(22)24(21)25)18-9-5-2-6-10-18/h1-12,19-20H,13-16H2. The zero-order chi connectivity index (χ0) is 19.1. The number of anilines is 1. The number of nitro groups is 1. The van der Waals surface area contributed by atoms with Gasteiger partial charge in [-0.25, -0.2) is 0 Å². The lowest BCUT2D eigenvalue weighted by Gasteiger charge is -2.42. The van der Waals surface area contributed by atoms with Crippen molar-refractivity contribution in [1.82, 2.24) is 0 Å². The topological polar surface area (TPSA) is 46.4 Å². The highest BCUT2D eigenvalue weighted by molar-refractivity contribution is 5.73. The summed E-state index contributed by atoms with van der Waals surface area (Å²) in [6.45, 7) is 1.89. The van der Waals surface area contributed by atoms with Crippen LogP contribution in [-0.2, 0) is 0 Å². The van der Waals surface area contributed by atoms with Crippen molar-refractivity contribution < 1.29 is 4.92 Å². The van der Waals surface area contributed by atoms with Gasteiger partial charge in [-0.15, -0.1) is 0 Å². The molecule has 4 heteroatoms. The molecule has 0 radical (unpaired) electrons. The number of hydrogen-bond donors (Lipinski definition) is 0. The Morgan fingerprint density at radius 3 is 1.96 bits per heavy atom. The summed E-state index contributed by atoms with van der Waals surface area (Å²) in [6, 6.07) is 24.5. The minimum Gasteiger partial charge on any atom is -0.371 e. The van der Waals surface area contributed by atoms with Crippen LogP contribution in [0, 0.1) is 10.1 Å². The van der Waals surface area contributed by atoms with Crippen molar-refractivity contribution in [2.24, 2.45) is 0 Å². The van der Waals surface area contributed by atoms with E-state index in [1.54, 1.807) is 6.07 Å². The van der Waals surface area contributed by atoms with E-state index >= 15 is 0 Å². The van der Waals surface area contributed by atoms with Gasteiger partial charge < -0.3 is 4.90 Å². The van der Waals surface area contributed by atoms with Gasteiger partial charge in [0.15, 0.2) is 0 Å². The fourth-order valence-corrected chi connectivity index (χ4v) is 5.01. The normalized spacial score (nSPS) is 20.5. The van der Waals surface area contributed by atoms with Crippen molar-refractivity contribution in [3.05, 3.63) is 105 Å². The molecule has 0 aromatic heterocycles. The van der Waals surface area contributed by atoms with E-state index in [1.165, 1.54) is 16.7 Å². The maximum Gasteiger partial charge on any atom is 0.275 e. The summed E-state index contributed by atoms with van der Waals surface area (Å²) < 4.78 is 0. The molecule has 2 atom stereocenters. The molecule has 0 saturated heterocycles. The average Bonchev–Trinajstić information content (AvgIpc) is 2.75. The molecule has 0 fully saturated rings. The fraction of sp³-hybridized carbons (Fsp3) is 0.250. The summed E-state index contributed by atoms with van der Waals surface area (Å²) >= 11 is 0. The van der Waals surface area contributed by atoms with E-state index in [9.17, 15) is 10.1 Å². The number of nitro benzene ring substituents is 1. The van der Waals surface area contributed by atoms with E-state index in [1.807, 2.05) is 30.3 Å². The largest absolute Gasteiger partial charge is 0.371 e. The highest BCUT2D eigenvalue weighted by Crippen LogP contribution is 2.51. The Morgan fingerprint density at radius 2 is 1.36 bits per heavy atom. The number of nitrogens with zero attached hydrogens (tertiary/aromatic N) is 2. The van der Waals surface area contributed by atoms with Gasteiger partial charge in [-0.3, -0.25) is 10.1 Å². The summed E-state index contributed by atoms with van der Waals surface area (Å²) in [5.74, 6) is 0.365. The van der Waals surface area contributed by atoms with E-state index in [-0.39, 0.29) is 16.5 Å².